The van der Waals surface area contributed by atoms with Crippen LogP contribution in [0.5, 0.6) is 0 Å². The summed E-state index contributed by atoms with van der Waals surface area (Å²) in [5.41, 5.74) is 4.58. The molecule has 0 amide bonds. The molecular weight excluding hydrogens is 464 g/mol. The highest BCUT2D eigenvalue weighted by Crippen LogP contribution is 2.25. The standard InChI is InChI=1S/C25H28N6O3S/c1-35(33,34)23-8-5-19(6-9-23)24-10-7-22-18-26-25(28-31(22)24)27-20-3-2-4-21(17-20)30-13-11-29(12-14-30)15-16-32/h2-10,17-18,32H,11-16H2,1H3,(H,27,28). The van der Waals surface area contributed by atoms with Crippen molar-refractivity contribution >= 4 is 32.7 Å². The molecule has 2 N–H and O–H groups in total. The van der Waals surface area contributed by atoms with Gasteiger partial charge >= 0.3 is 0 Å². The monoisotopic (exact) mass is 492 g/mol. The van der Waals surface area contributed by atoms with Crippen molar-refractivity contribution in [2.75, 3.05) is 55.8 Å². The maximum Gasteiger partial charge on any atom is 0.245 e. The number of aromatic nitrogens is 3. The summed E-state index contributed by atoms with van der Waals surface area (Å²) in [6.45, 7) is 4.60. The second kappa shape index (κ2) is 9.65. The van der Waals surface area contributed by atoms with Crippen molar-refractivity contribution in [3.05, 3.63) is 66.9 Å². The lowest BCUT2D eigenvalue weighted by Gasteiger charge is -2.35. The van der Waals surface area contributed by atoms with E-state index in [0.29, 0.717) is 5.95 Å². The Morgan fingerprint density at radius 2 is 1.77 bits per heavy atom. The molecule has 1 aliphatic rings. The number of aliphatic hydroxyl groups excluding tert-OH is 1. The fourth-order valence-electron chi connectivity index (χ4n) is 4.33. The smallest absolute Gasteiger partial charge is 0.245 e. The summed E-state index contributed by atoms with van der Waals surface area (Å²) in [5, 5.41) is 17.1. The number of hydrogen-bond acceptors (Lipinski definition) is 8. The molecule has 0 bridgehead atoms. The van der Waals surface area contributed by atoms with Gasteiger partial charge in [-0.15, -0.1) is 5.10 Å². The molecule has 3 heterocycles. The maximum absolute atomic E-state index is 11.8. The summed E-state index contributed by atoms with van der Waals surface area (Å²) in [6.07, 6.45) is 2.96. The lowest BCUT2D eigenvalue weighted by molar-refractivity contribution is 0.189. The summed E-state index contributed by atoms with van der Waals surface area (Å²) >= 11 is 0. The number of aliphatic hydroxyl groups is 1. The Labute approximate surface area is 204 Å². The van der Waals surface area contributed by atoms with E-state index in [1.165, 1.54) is 6.26 Å². The predicted molar refractivity (Wildman–Crippen MR) is 137 cm³/mol. The van der Waals surface area contributed by atoms with E-state index < -0.39 is 9.84 Å². The summed E-state index contributed by atoms with van der Waals surface area (Å²) in [7, 11) is -3.25. The van der Waals surface area contributed by atoms with Crippen LogP contribution >= 0.6 is 0 Å². The second-order valence-corrected chi connectivity index (χ2v) is 10.7. The Bertz CT molecular complexity index is 1430. The number of nitrogens with zero attached hydrogens (tertiary/aromatic N) is 5. The fourth-order valence-corrected chi connectivity index (χ4v) is 4.96. The number of β-amino-alcohol motifs (C(OH)–C–C–N with tert-alkyl or cyclic N) is 1. The molecule has 0 saturated carbocycles. The van der Waals surface area contributed by atoms with Crippen molar-refractivity contribution in [2.24, 2.45) is 0 Å². The molecule has 182 valence electrons. The quantitative estimate of drug-likeness (QED) is 0.406. The van der Waals surface area contributed by atoms with Gasteiger partial charge in [0.05, 0.1) is 28.9 Å². The number of rotatable bonds is 7. The van der Waals surface area contributed by atoms with E-state index in [1.807, 2.05) is 24.3 Å². The van der Waals surface area contributed by atoms with Gasteiger partial charge in [-0.25, -0.2) is 17.9 Å². The third-order valence-electron chi connectivity index (χ3n) is 6.23. The number of benzene rings is 2. The number of hydrogen-bond donors (Lipinski definition) is 2. The largest absolute Gasteiger partial charge is 0.395 e. The normalized spacial score (nSPS) is 15.0. The molecule has 1 aliphatic heterocycles. The Morgan fingerprint density at radius 3 is 2.49 bits per heavy atom. The van der Waals surface area contributed by atoms with E-state index in [1.54, 1.807) is 35.0 Å². The van der Waals surface area contributed by atoms with Gasteiger partial charge in [-0.3, -0.25) is 4.90 Å². The Kier molecular flexibility index (Phi) is 6.42. The van der Waals surface area contributed by atoms with Crippen molar-refractivity contribution in [1.29, 1.82) is 0 Å². The zero-order valence-corrected chi connectivity index (χ0v) is 20.3. The maximum atomic E-state index is 11.8. The zero-order chi connectivity index (χ0) is 24.4. The Hall–Kier alpha value is -3.47. The Morgan fingerprint density at radius 1 is 1.00 bits per heavy atom. The first-order chi connectivity index (χ1) is 16.9. The first-order valence-corrected chi connectivity index (χ1v) is 13.4. The van der Waals surface area contributed by atoms with Gasteiger partial charge in [0.2, 0.25) is 5.95 Å². The van der Waals surface area contributed by atoms with Gasteiger partial charge in [-0.1, -0.05) is 18.2 Å². The van der Waals surface area contributed by atoms with Gasteiger partial charge in [0, 0.05) is 55.9 Å². The van der Waals surface area contributed by atoms with Gasteiger partial charge in [0.1, 0.15) is 0 Å². The predicted octanol–water partition coefficient (Wildman–Crippen LogP) is 2.66. The molecule has 10 heteroatoms. The van der Waals surface area contributed by atoms with Crippen LogP contribution < -0.4 is 10.2 Å². The second-order valence-electron chi connectivity index (χ2n) is 8.66. The van der Waals surface area contributed by atoms with Gasteiger partial charge in [-0.2, -0.15) is 0 Å². The molecule has 0 unspecified atom stereocenters. The highest BCUT2D eigenvalue weighted by molar-refractivity contribution is 7.90. The molecule has 5 rings (SSSR count). The first kappa shape index (κ1) is 23.3. The van der Waals surface area contributed by atoms with Crippen molar-refractivity contribution < 1.29 is 13.5 Å². The summed E-state index contributed by atoms with van der Waals surface area (Å²) in [5.74, 6) is 0.465. The fraction of sp³-hybridized carbons (Fsp3) is 0.280. The first-order valence-electron chi connectivity index (χ1n) is 11.5. The van der Waals surface area contributed by atoms with Crippen LogP contribution in [0.2, 0.25) is 0 Å². The Balaban J connectivity index is 1.36. The number of nitrogens with one attached hydrogen (secondary N) is 1. The van der Waals surface area contributed by atoms with Crippen molar-refractivity contribution in [2.45, 2.75) is 4.90 Å². The van der Waals surface area contributed by atoms with Crippen LogP contribution in [0.1, 0.15) is 0 Å². The van der Waals surface area contributed by atoms with Crippen LogP contribution in [-0.4, -0.2) is 78.6 Å². The van der Waals surface area contributed by atoms with E-state index in [9.17, 15) is 8.42 Å². The molecule has 0 aliphatic carbocycles. The highest BCUT2D eigenvalue weighted by Gasteiger charge is 2.17. The van der Waals surface area contributed by atoms with E-state index >= 15 is 0 Å². The summed E-state index contributed by atoms with van der Waals surface area (Å²) in [6, 6.07) is 18.9. The van der Waals surface area contributed by atoms with E-state index in [-0.39, 0.29) is 11.5 Å². The minimum absolute atomic E-state index is 0.193. The van der Waals surface area contributed by atoms with Crippen LogP contribution in [0.25, 0.3) is 16.8 Å². The number of anilines is 3. The van der Waals surface area contributed by atoms with E-state index in [0.717, 1.165) is 60.9 Å². The van der Waals surface area contributed by atoms with Crippen LogP contribution in [0, 0.1) is 0 Å². The molecule has 0 spiro atoms. The third kappa shape index (κ3) is 5.14. The number of sulfone groups is 1. The topological polar surface area (TPSA) is 103 Å². The van der Waals surface area contributed by atoms with Gasteiger partial charge in [0.15, 0.2) is 9.84 Å². The molecule has 1 saturated heterocycles. The van der Waals surface area contributed by atoms with E-state index in [4.69, 9.17) is 5.11 Å². The molecular formula is C25H28N6O3S. The molecule has 2 aromatic heterocycles. The lowest BCUT2D eigenvalue weighted by Crippen LogP contribution is -2.47. The molecule has 2 aromatic carbocycles. The number of piperazine rings is 1. The molecule has 0 atom stereocenters. The van der Waals surface area contributed by atoms with Crippen molar-refractivity contribution in [3.8, 4) is 11.3 Å². The van der Waals surface area contributed by atoms with Crippen molar-refractivity contribution in [1.82, 2.24) is 19.5 Å². The van der Waals surface area contributed by atoms with Gasteiger partial charge in [-0.05, 0) is 42.5 Å². The summed E-state index contributed by atoms with van der Waals surface area (Å²) < 4.78 is 25.4. The van der Waals surface area contributed by atoms with Gasteiger partial charge < -0.3 is 15.3 Å². The average Bonchev–Trinajstić information content (AvgIpc) is 3.28. The third-order valence-corrected chi connectivity index (χ3v) is 7.36. The summed E-state index contributed by atoms with van der Waals surface area (Å²) in [4.78, 5) is 9.36. The minimum atomic E-state index is -3.25. The van der Waals surface area contributed by atoms with Crippen LogP contribution in [0.4, 0.5) is 17.3 Å². The average molecular weight is 493 g/mol. The highest BCUT2D eigenvalue weighted by atomic mass is 32.2. The SMILES string of the molecule is CS(=O)(=O)c1ccc(-c2ccc3cnc(Nc4cccc(N5CCN(CCO)CC5)c4)nn23)cc1. The molecule has 0 radical (unpaired) electrons. The van der Waals surface area contributed by atoms with Gasteiger partial charge in [0.25, 0.3) is 0 Å². The molecule has 1 fully saturated rings. The van der Waals surface area contributed by atoms with E-state index in [2.05, 4.69) is 37.3 Å². The van der Waals surface area contributed by atoms with Crippen LogP contribution in [-0.2, 0) is 9.84 Å². The molecule has 35 heavy (non-hydrogen) atoms. The minimum Gasteiger partial charge on any atom is -0.395 e. The van der Waals surface area contributed by atoms with Crippen molar-refractivity contribution in [3.63, 3.8) is 0 Å². The lowest BCUT2D eigenvalue weighted by atomic mass is 10.2. The van der Waals surface area contributed by atoms with Crippen LogP contribution in [0.15, 0.2) is 71.8 Å². The number of fused-ring (bicyclic) bond motifs is 1. The molecule has 4 aromatic rings. The zero-order valence-electron chi connectivity index (χ0n) is 19.5. The molecule has 9 nitrogen and oxygen atoms in total. The van der Waals surface area contributed by atoms with Crippen LogP contribution in [0.3, 0.4) is 0 Å².